The van der Waals surface area contributed by atoms with Gasteiger partial charge in [0.05, 0.1) is 49.7 Å². The fourth-order valence-electron chi connectivity index (χ4n) is 5.18. The quantitative estimate of drug-likeness (QED) is 0.384. The van der Waals surface area contributed by atoms with E-state index in [0.29, 0.717) is 35.8 Å². The third-order valence-electron chi connectivity index (χ3n) is 7.45. The van der Waals surface area contributed by atoms with E-state index in [4.69, 9.17) is 15.2 Å². The molecule has 10 nitrogen and oxygen atoms in total. The minimum atomic E-state index is 0.322. The van der Waals surface area contributed by atoms with Crippen molar-refractivity contribution in [3.05, 3.63) is 72.2 Å². The Bertz CT molecular complexity index is 1410. The highest BCUT2D eigenvalue weighted by atomic mass is 16.5. The van der Waals surface area contributed by atoms with Crippen LogP contribution in [-0.2, 0) is 11.3 Å². The predicted molar refractivity (Wildman–Crippen MR) is 154 cm³/mol. The summed E-state index contributed by atoms with van der Waals surface area (Å²) >= 11 is 0. The fourth-order valence-corrected chi connectivity index (χ4v) is 5.18. The number of rotatable bonds is 9. The number of pyridine rings is 2. The van der Waals surface area contributed by atoms with E-state index in [9.17, 15) is 5.26 Å². The molecule has 2 aliphatic heterocycles. The maximum absolute atomic E-state index is 9.65. The molecule has 3 aromatic rings. The lowest BCUT2D eigenvalue weighted by Crippen LogP contribution is -2.56. The summed E-state index contributed by atoms with van der Waals surface area (Å²) in [5.41, 5.74) is 11.4. The number of aromatic nitrogens is 4. The van der Waals surface area contributed by atoms with Gasteiger partial charge in [-0.2, -0.15) is 5.26 Å². The minimum absolute atomic E-state index is 0.322. The Morgan fingerprint density at radius 3 is 2.75 bits per heavy atom. The number of allylic oxidation sites excluding steroid dienone is 1. The summed E-state index contributed by atoms with van der Waals surface area (Å²) in [5.74, 6) is 1.30. The number of nitrogens with zero attached hydrogens (tertiary/aromatic N) is 6. The molecule has 1 saturated heterocycles. The third kappa shape index (κ3) is 6.11. The number of nitrogens with two attached hydrogens (primary N) is 1. The highest BCUT2D eigenvalue weighted by Gasteiger charge is 2.35. The molecule has 5 heterocycles. The highest BCUT2D eigenvalue weighted by molar-refractivity contribution is 5.86. The fraction of sp³-hybridized carbons (Fsp3) is 0.367. The monoisotopic (exact) mass is 538 g/mol. The molecule has 10 heteroatoms. The molecule has 2 aliphatic rings. The summed E-state index contributed by atoms with van der Waals surface area (Å²) in [7, 11) is 1.59. The first-order chi connectivity index (χ1) is 19.6. The summed E-state index contributed by atoms with van der Waals surface area (Å²) in [4.78, 5) is 20.5. The van der Waals surface area contributed by atoms with Crippen LogP contribution in [0.15, 0.2) is 55.3 Å². The summed E-state index contributed by atoms with van der Waals surface area (Å²) in [6, 6.07) is 9.05. The molecule has 3 aromatic heterocycles. The van der Waals surface area contributed by atoms with Crippen molar-refractivity contribution in [3.8, 4) is 23.1 Å². The van der Waals surface area contributed by atoms with Crippen molar-refractivity contribution in [2.45, 2.75) is 44.8 Å². The average molecular weight is 539 g/mol. The lowest BCUT2D eigenvalue weighted by molar-refractivity contribution is 0.0246. The smallest absolute Gasteiger partial charge is 0.231 e. The summed E-state index contributed by atoms with van der Waals surface area (Å²) in [5, 5.41) is 13.1. The van der Waals surface area contributed by atoms with Gasteiger partial charge in [-0.3, -0.25) is 14.9 Å². The van der Waals surface area contributed by atoms with Crippen molar-refractivity contribution < 1.29 is 9.47 Å². The molecule has 0 aliphatic carbocycles. The number of nitrogens with one attached hydrogen (secondary N) is 1. The zero-order valence-corrected chi connectivity index (χ0v) is 22.9. The van der Waals surface area contributed by atoms with Crippen molar-refractivity contribution in [1.82, 2.24) is 24.8 Å². The van der Waals surface area contributed by atoms with Crippen LogP contribution >= 0.6 is 0 Å². The second kappa shape index (κ2) is 12.7. The summed E-state index contributed by atoms with van der Waals surface area (Å²) < 4.78 is 10.7. The van der Waals surface area contributed by atoms with E-state index in [1.165, 1.54) is 11.8 Å². The molecule has 0 saturated carbocycles. The van der Waals surface area contributed by atoms with Crippen molar-refractivity contribution >= 4 is 17.0 Å². The van der Waals surface area contributed by atoms with Gasteiger partial charge in [-0.15, -0.1) is 0 Å². The number of hydrogen-bond acceptors (Lipinski definition) is 10. The van der Waals surface area contributed by atoms with Gasteiger partial charge in [0.1, 0.15) is 11.9 Å². The summed E-state index contributed by atoms with van der Waals surface area (Å²) in [6.45, 7) is 5.14. The maximum atomic E-state index is 9.65. The molecule has 40 heavy (non-hydrogen) atoms. The van der Waals surface area contributed by atoms with Gasteiger partial charge in [0, 0.05) is 54.9 Å². The first kappa shape index (κ1) is 27.2. The van der Waals surface area contributed by atoms with Crippen molar-refractivity contribution in [3.63, 3.8) is 0 Å². The molecule has 2 unspecified atom stereocenters. The van der Waals surface area contributed by atoms with Crippen molar-refractivity contribution in [2.24, 2.45) is 5.73 Å². The highest BCUT2D eigenvalue weighted by Crippen LogP contribution is 2.32. The maximum Gasteiger partial charge on any atom is 0.231 e. The van der Waals surface area contributed by atoms with E-state index in [1.54, 1.807) is 19.5 Å². The Morgan fingerprint density at radius 1 is 1.18 bits per heavy atom. The van der Waals surface area contributed by atoms with Gasteiger partial charge in [0.2, 0.25) is 5.88 Å². The number of nitriles is 1. The van der Waals surface area contributed by atoms with Crippen molar-refractivity contribution in [2.75, 3.05) is 32.2 Å². The molecule has 3 N–H and O–H groups in total. The molecule has 0 spiro atoms. The Morgan fingerprint density at radius 2 is 2.05 bits per heavy atom. The zero-order chi connectivity index (χ0) is 27.9. The van der Waals surface area contributed by atoms with Crippen LogP contribution < -0.4 is 15.8 Å². The van der Waals surface area contributed by atoms with Crippen LogP contribution in [-0.4, -0.2) is 63.8 Å². The van der Waals surface area contributed by atoms with Gasteiger partial charge in [-0.05, 0) is 55.5 Å². The van der Waals surface area contributed by atoms with Crippen LogP contribution in [0.2, 0.25) is 0 Å². The van der Waals surface area contributed by atoms with Crippen LogP contribution in [0.3, 0.4) is 0 Å². The van der Waals surface area contributed by atoms with E-state index in [-0.39, 0.29) is 0 Å². The second-order valence-corrected chi connectivity index (χ2v) is 9.97. The molecule has 5 rings (SSSR count). The molecule has 1 fully saturated rings. The first-order valence-electron chi connectivity index (χ1n) is 13.5. The van der Waals surface area contributed by atoms with Gasteiger partial charge in [-0.1, -0.05) is 6.08 Å². The molecular weight excluding hydrogens is 504 g/mol. The summed E-state index contributed by atoms with van der Waals surface area (Å²) in [6.07, 6.45) is 13.3. The second-order valence-electron chi connectivity index (χ2n) is 9.97. The molecular formula is C30H34N8O2. The van der Waals surface area contributed by atoms with Crippen LogP contribution in [0.1, 0.15) is 43.1 Å². The van der Waals surface area contributed by atoms with Gasteiger partial charge in [0.25, 0.3) is 0 Å². The van der Waals surface area contributed by atoms with E-state index >= 15 is 0 Å². The molecule has 0 amide bonds. The Hall–Kier alpha value is -4.33. The molecule has 0 bridgehead atoms. The molecule has 206 valence electrons. The van der Waals surface area contributed by atoms with Gasteiger partial charge in [-0.25, -0.2) is 9.97 Å². The lowest BCUT2D eigenvalue weighted by atomic mass is 9.93. The third-order valence-corrected chi connectivity index (χ3v) is 7.45. The van der Waals surface area contributed by atoms with E-state index in [1.807, 2.05) is 24.5 Å². The number of likely N-dealkylation sites (tertiary alicyclic amines) is 1. The van der Waals surface area contributed by atoms with Crippen LogP contribution in [0.25, 0.3) is 22.3 Å². The number of methoxy groups -OCH3 is 1. The zero-order valence-electron chi connectivity index (χ0n) is 22.9. The van der Waals surface area contributed by atoms with Crippen LogP contribution in [0, 0.1) is 11.3 Å². The standard InChI is InChI=1S/C30H34N8O2/c1-20-10-26(38(20)19-25-16-36-29(39-2)18-33-25)17-35-28-6-5-22(14-34-28)27-11-23(21-4-3-8-40-9-7-21)15-37-30(27)24(12-31)13-32/h4-6,11-12,14-16,18,20,26H,3,7-10,17,19,31H2,1-2H3,(H,34,35). The first-order valence-corrected chi connectivity index (χ1v) is 13.5. The molecule has 2 atom stereocenters. The van der Waals surface area contributed by atoms with Gasteiger partial charge >= 0.3 is 0 Å². The normalized spacial score (nSPS) is 19.6. The van der Waals surface area contributed by atoms with E-state index in [0.717, 1.165) is 67.2 Å². The minimum Gasteiger partial charge on any atom is -0.480 e. The SMILES string of the molecule is COc1cnc(CN2C(C)CC2CNc2ccc(-c3cc(C4=CCCOCC4)cnc3C(C#N)=CN)cn2)cn1. The average Bonchev–Trinajstić information content (AvgIpc) is 3.29. The predicted octanol–water partition coefficient (Wildman–Crippen LogP) is 4.03. The van der Waals surface area contributed by atoms with E-state index in [2.05, 4.69) is 55.3 Å². The Balaban J connectivity index is 1.29. The van der Waals surface area contributed by atoms with Crippen molar-refractivity contribution in [1.29, 1.82) is 5.26 Å². The Kier molecular flexibility index (Phi) is 8.64. The molecule has 0 aromatic carbocycles. The van der Waals surface area contributed by atoms with E-state index < -0.39 is 0 Å². The van der Waals surface area contributed by atoms with Gasteiger partial charge < -0.3 is 20.5 Å². The van der Waals surface area contributed by atoms with Crippen LogP contribution in [0.5, 0.6) is 5.88 Å². The topological polar surface area (TPSA) is 135 Å². The lowest BCUT2D eigenvalue weighted by Gasteiger charge is -2.47. The number of hydrogen-bond donors (Lipinski definition) is 2. The number of anilines is 1. The largest absolute Gasteiger partial charge is 0.480 e. The molecule has 0 radical (unpaired) electrons. The number of ether oxygens (including phenoxy) is 2. The van der Waals surface area contributed by atoms with Crippen LogP contribution in [0.4, 0.5) is 5.82 Å². The van der Waals surface area contributed by atoms with Gasteiger partial charge in [0.15, 0.2) is 0 Å². The Labute approximate surface area is 234 Å².